The summed E-state index contributed by atoms with van der Waals surface area (Å²) < 4.78 is 10.5. The Balaban J connectivity index is 1.54. The maximum Gasteiger partial charge on any atom is 0.276 e. The third-order valence-corrected chi connectivity index (χ3v) is 4.74. The predicted octanol–water partition coefficient (Wildman–Crippen LogP) is 3.54. The first-order valence-corrected chi connectivity index (χ1v) is 8.18. The monoisotopic (exact) mass is 312 g/mol. The largest absolute Gasteiger partial charge is 0.497 e. The van der Waals surface area contributed by atoms with Crippen molar-refractivity contribution in [2.24, 2.45) is 0 Å². The van der Waals surface area contributed by atoms with Gasteiger partial charge in [-0.3, -0.25) is 4.79 Å². The summed E-state index contributed by atoms with van der Waals surface area (Å²) >= 11 is 0. The molecule has 1 aromatic carbocycles. The normalized spacial score (nSPS) is 20.7. The van der Waals surface area contributed by atoms with Crippen LogP contribution in [-0.4, -0.2) is 29.6 Å². The summed E-state index contributed by atoms with van der Waals surface area (Å²) in [7, 11) is 1.66. The van der Waals surface area contributed by atoms with Crippen molar-refractivity contribution in [3.63, 3.8) is 0 Å². The van der Waals surface area contributed by atoms with E-state index < -0.39 is 0 Å². The summed E-state index contributed by atoms with van der Waals surface area (Å²) in [6.45, 7) is 0.765. The number of carbonyl (C=O) groups is 1. The molecular formula is C18H20N2O3. The number of hydrogen-bond acceptors (Lipinski definition) is 4. The topological polar surface area (TPSA) is 55.6 Å². The minimum absolute atomic E-state index is 0.0287. The van der Waals surface area contributed by atoms with E-state index in [1.54, 1.807) is 7.11 Å². The number of hydrogen-bond donors (Lipinski definition) is 0. The number of rotatable bonds is 4. The molecule has 2 fully saturated rings. The van der Waals surface area contributed by atoms with Gasteiger partial charge in [0, 0.05) is 18.5 Å². The molecule has 2 heterocycles. The maximum absolute atomic E-state index is 12.8. The fraction of sp³-hybridized carbons (Fsp3) is 0.444. The first-order chi connectivity index (χ1) is 11.3. The van der Waals surface area contributed by atoms with E-state index in [-0.39, 0.29) is 11.9 Å². The molecule has 0 N–H and O–H groups in total. The van der Waals surface area contributed by atoms with E-state index in [1.807, 2.05) is 35.2 Å². The molecule has 0 spiro atoms. The second-order valence-electron chi connectivity index (χ2n) is 6.32. The highest BCUT2D eigenvalue weighted by atomic mass is 16.5. The summed E-state index contributed by atoms with van der Waals surface area (Å²) in [5.41, 5.74) is 1.58. The Morgan fingerprint density at radius 3 is 2.74 bits per heavy atom. The zero-order chi connectivity index (χ0) is 15.8. The molecule has 5 nitrogen and oxygen atoms in total. The van der Waals surface area contributed by atoms with Gasteiger partial charge >= 0.3 is 0 Å². The molecule has 2 aliphatic rings. The maximum atomic E-state index is 12.8. The lowest BCUT2D eigenvalue weighted by molar-refractivity contribution is 0.0725. The molecule has 1 aliphatic heterocycles. The van der Waals surface area contributed by atoms with Gasteiger partial charge in [-0.05, 0) is 43.4 Å². The van der Waals surface area contributed by atoms with Gasteiger partial charge in [0.1, 0.15) is 11.5 Å². The van der Waals surface area contributed by atoms with Crippen LogP contribution in [0, 0.1) is 0 Å². The Kier molecular flexibility index (Phi) is 3.56. The Morgan fingerprint density at radius 1 is 1.26 bits per heavy atom. The van der Waals surface area contributed by atoms with E-state index >= 15 is 0 Å². The van der Waals surface area contributed by atoms with Crippen LogP contribution in [0.3, 0.4) is 0 Å². The van der Waals surface area contributed by atoms with Crippen LogP contribution >= 0.6 is 0 Å². The van der Waals surface area contributed by atoms with Gasteiger partial charge in [0.15, 0.2) is 5.69 Å². The molecule has 1 saturated heterocycles. The number of aromatic nitrogens is 1. The third kappa shape index (κ3) is 2.71. The van der Waals surface area contributed by atoms with E-state index in [0.717, 1.165) is 49.3 Å². The highest BCUT2D eigenvalue weighted by Crippen LogP contribution is 2.40. The van der Waals surface area contributed by atoms with Crippen LogP contribution in [0.25, 0.3) is 0 Å². The first-order valence-electron chi connectivity index (χ1n) is 8.18. The number of carbonyl (C=O) groups excluding carboxylic acids is 1. The average Bonchev–Trinajstić information content (AvgIpc) is 3.14. The van der Waals surface area contributed by atoms with Gasteiger partial charge in [-0.2, -0.15) is 0 Å². The van der Waals surface area contributed by atoms with Gasteiger partial charge in [0.05, 0.1) is 13.2 Å². The first kappa shape index (κ1) is 14.3. The number of amides is 1. The number of ether oxygens (including phenoxy) is 1. The van der Waals surface area contributed by atoms with E-state index in [4.69, 9.17) is 9.26 Å². The lowest BCUT2D eigenvalue weighted by atomic mass is 10.0. The van der Waals surface area contributed by atoms with Gasteiger partial charge in [-0.25, -0.2) is 0 Å². The number of likely N-dealkylation sites (tertiary alicyclic amines) is 1. The van der Waals surface area contributed by atoms with Gasteiger partial charge in [0.25, 0.3) is 5.91 Å². The minimum Gasteiger partial charge on any atom is -0.497 e. The molecule has 0 unspecified atom stereocenters. The standard InChI is InChI=1S/C18H20N2O3/c1-22-14-8-6-12(7-9-14)16-3-2-10-20(16)18(21)15-11-17(23-19-15)13-4-5-13/h6-9,11,13,16H,2-5,10H2,1H3/t16-/m0/s1. The van der Waals surface area contributed by atoms with Gasteiger partial charge in [-0.1, -0.05) is 17.3 Å². The van der Waals surface area contributed by atoms with Crippen LogP contribution < -0.4 is 4.74 Å². The van der Waals surface area contributed by atoms with E-state index in [1.165, 1.54) is 0 Å². The Hall–Kier alpha value is -2.30. The fourth-order valence-corrected chi connectivity index (χ4v) is 3.28. The van der Waals surface area contributed by atoms with Crippen molar-refractivity contribution in [2.75, 3.05) is 13.7 Å². The van der Waals surface area contributed by atoms with Crippen molar-refractivity contribution in [2.45, 2.75) is 37.6 Å². The van der Waals surface area contributed by atoms with Crippen molar-refractivity contribution in [3.05, 3.63) is 47.3 Å². The molecule has 120 valence electrons. The van der Waals surface area contributed by atoms with Gasteiger partial charge in [0.2, 0.25) is 0 Å². The van der Waals surface area contributed by atoms with Gasteiger partial charge in [-0.15, -0.1) is 0 Å². The molecule has 1 aliphatic carbocycles. The summed E-state index contributed by atoms with van der Waals surface area (Å²) in [4.78, 5) is 14.7. The lowest BCUT2D eigenvalue weighted by Gasteiger charge is -2.24. The smallest absolute Gasteiger partial charge is 0.276 e. The van der Waals surface area contributed by atoms with Crippen molar-refractivity contribution >= 4 is 5.91 Å². The molecule has 5 heteroatoms. The van der Waals surface area contributed by atoms with Crippen molar-refractivity contribution in [3.8, 4) is 5.75 Å². The quantitative estimate of drug-likeness (QED) is 0.866. The predicted molar refractivity (Wildman–Crippen MR) is 84.5 cm³/mol. The summed E-state index contributed by atoms with van der Waals surface area (Å²) in [5.74, 6) is 2.13. The molecule has 1 saturated carbocycles. The average molecular weight is 312 g/mol. The van der Waals surface area contributed by atoms with Crippen molar-refractivity contribution in [1.29, 1.82) is 0 Å². The highest BCUT2D eigenvalue weighted by molar-refractivity contribution is 5.92. The molecule has 1 atom stereocenters. The molecule has 0 radical (unpaired) electrons. The van der Waals surface area contributed by atoms with E-state index in [9.17, 15) is 4.79 Å². The minimum atomic E-state index is -0.0287. The second-order valence-corrected chi connectivity index (χ2v) is 6.32. The van der Waals surface area contributed by atoms with E-state index in [0.29, 0.717) is 11.6 Å². The Bertz CT molecular complexity index is 703. The van der Waals surface area contributed by atoms with E-state index in [2.05, 4.69) is 5.16 Å². The van der Waals surface area contributed by atoms with Crippen LogP contribution in [-0.2, 0) is 0 Å². The molecule has 0 bridgehead atoms. The molecule has 23 heavy (non-hydrogen) atoms. The SMILES string of the molecule is COc1ccc([C@@H]2CCCN2C(=O)c2cc(C3CC3)on2)cc1. The van der Waals surface area contributed by atoms with Crippen LogP contribution in [0.2, 0.25) is 0 Å². The number of benzene rings is 1. The van der Waals surface area contributed by atoms with Crippen LogP contribution in [0.1, 0.15) is 59.5 Å². The van der Waals surface area contributed by atoms with Crippen LogP contribution in [0.4, 0.5) is 0 Å². The fourth-order valence-electron chi connectivity index (χ4n) is 3.28. The number of nitrogens with zero attached hydrogens (tertiary/aromatic N) is 2. The highest BCUT2D eigenvalue weighted by Gasteiger charge is 2.34. The second kappa shape index (κ2) is 5.72. The summed E-state index contributed by atoms with van der Waals surface area (Å²) in [5, 5.41) is 3.99. The lowest BCUT2D eigenvalue weighted by Crippen LogP contribution is -2.30. The van der Waals surface area contributed by atoms with Crippen molar-refractivity contribution in [1.82, 2.24) is 10.1 Å². The van der Waals surface area contributed by atoms with Crippen LogP contribution in [0.5, 0.6) is 5.75 Å². The van der Waals surface area contributed by atoms with Crippen LogP contribution in [0.15, 0.2) is 34.9 Å². The van der Waals surface area contributed by atoms with Crippen molar-refractivity contribution < 1.29 is 14.1 Å². The van der Waals surface area contributed by atoms with Gasteiger partial charge < -0.3 is 14.2 Å². The summed E-state index contributed by atoms with van der Waals surface area (Å²) in [6, 6.07) is 9.88. The Morgan fingerprint density at radius 2 is 2.04 bits per heavy atom. The zero-order valence-electron chi connectivity index (χ0n) is 13.2. The summed E-state index contributed by atoms with van der Waals surface area (Å²) in [6.07, 6.45) is 4.27. The molecule has 2 aromatic rings. The Labute approximate surface area is 135 Å². The zero-order valence-corrected chi connectivity index (χ0v) is 13.2. The molecule has 1 amide bonds. The molecule has 1 aromatic heterocycles. The molecular weight excluding hydrogens is 292 g/mol. The molecule has 4 rings (SSSR count). The third-order valence-electron chi connectivity index (χ3n) is 4.74. The number of methoxy groups -OCH3 is 1.